The van der Waals surface area contributed by atoms with Gasteiger partial charge in [0, 0.05) is 0 Å². The zero-order chi connectivity index (χ0) is 15.2. The Morgan fingerprint density at radius 1 is 1.30 bits per heavy atom. The standard InChI is InChI=1S/C16H25NO3/c1-12(18)14(17-15(19)20-16(2,3)4)11-10-13-8-6-5-7-9-13/h5-9,12,14,18H,10-11H2,1-4H3,(H,17,19)/t12-,14?/m1/s1. The van der Waals surface area contributed by atoms with Crippen molar-refractivity contribution in [1.82, 2.24) is 5.32 Å². The number of nitrogens with one attached hydrogen (secondary N) is 1. The first-order valence-electron chi connectivity index (χ1n) is 6.99. The summed E-state index contributed by atoms with van der Waals surface area (Å²) in [5, 5.41) is 12.5. The van der Waals surface area contributed by atoms with Crippen molar-refractivity contribution in [3.05, 3.63) is 35.9 Å². The van der Waals surface area contributed by atoms with Crippen LogP contribution in [0.5, 0.6) is 0 Å². The summed E-state index contributed by atoms with van der Waals surface area (Å²) in [4.78, 5) is 11.7. The second-order valence-corrected chi connectivity index (χ2v) is 6.02. The molecule has 112 valence electrons. The van der Waals surface area contributed by atoms with Crippen LogP contribution in [0, 0.1) is 0 Å². The minimum atomic E-state index is -0.619. The molecule has 2 atom stereocenters. The van der Waals surface area contributed by atoms with E-state index in [2.05, 4.69) is 5.32 Å². The molecular formula is C16H25NO3. The molecule has 20 heavy (non-hydrogen) atoms. The molecule has 0 aliphatic carbocycles. The molecule has 0 saturated heterocycles. The van der Waals surface area contributed by atoms with Gasteiger partial charge >= 0.3 is 6.09 Å². The number of aryl methyl sites for hydroxylation is 1. The average Bonchev–Trinajstić information content (AvgIpc) is 2.33. The van der Waals surface area contributed by atoms with Crippen molar-refractivity contribution in [2.75, 3.05) is 0 Å². The Hall–Kier alpha value is -1.55. The molecule has 4 nitrogen and oxygen atoms in total. The molecule has 4 heteroatoms. The van der Waals surface area contributed by atoms with Gasteiger partial charge in [0.2, 0.25) is 0 Å². The van der Waals surface area contributed by atoms with Crippen LogP contribution >= 0.6 is 0 Å². The van der Waals surface area contributed by atoms with E-state index in [1.807, 2.05) is 51.1 Å². The predicted octanol–water partition coefficient (Wildman–Crippen LogP) is 2.89. The molecule has 0 aliphatic rings. The lowest BCUT2D eigenvalue weighted by Crippen LogP contribution is -2.44. The summed E-state index contributed by atoms with van der Waals surface area (Å²) in [5.74, 6) is 0. The van der Waals surface area contributed by atoms with Gasteiger partial charge in [0.1, 0.15) is 5.60 Å². The summed E-state index contributed by atoms with van der Waals surface area (Å²) in [7, 11) is 0. The Morgan fingerprint density at radius 3 is 2.40 bits per heavy atom. The summed E-state index contributed by atoms with van der Waals surface area (Å²) in [6.07, 6.45) is 0.357. The fourth-order valence-corrected chi connectivity index (χ4v) is 1.86. The topological polar surface area (TPSA) is 58.6 Å². The Kier molecular flexibility index (Phi) is 6.02. The summed E-state index contributed by atoms with van der Waals surface area (Å²) >= 11 is 0. The van der Waals surface area contributed by atoms with Crippen LogP contribution in [0.2, 0.25) is 0 Å². The molecule has 0 aliphatic heterocycles. The minimum absolute atomic E-state index is 0.315. The van der Waals surface area contributed by atoms with Crippen molar-refractivity contribution in [1.29, 1.82) is 0 Å². The lowest BCUT2D eigenvalue weighted by molar-refractivity contribution is 0.0431. The van der Waals surface area contributed by atoms with E-state index < -0.39 is 17.8 Å². The van der Waals surface area contributed by atoms with E-state index in [0.29, 0.717) is 6.42 Å². The SMILES string of the molecule is C[C@@H](O)C(CCc1ccccc1)NC(=O)OC(C)(C)C. The number of carbonyl (C=O) groups excluding carboxylic acids is 1. The number of amides is 1. The molecule has 1 unspecified atom stereocenters. The van der Waals surface area contributed by atoms with Gasteiger partial charge in [0.15, 0.2) is 0 Å². The maximum absolute atomic E-state index is 11.7. The number of aliphatic hydroxyl groups is 1. The van der Waals surface area contributed by atoms with Crippen molar-refractivity contribution in [2.24, 2.45) is 0 Å². The van der Waals surface area contributed by atoms with Crippen molar-refractivity contribution in [3.63, 3.8) is 0 Å². The summed E-state index contributed by atoms with van der Waals surface area (Å²) in [6, 6.07) is 9.68. The van der Waals surface area contributed by atoms with Crippen LogP contribution in [0.4, 0.5) is 4.79 Å². The highest BCUT2D eigenvalue weighted by molar-refractivity contribution is 5.68. The molecule has 1 aromatic carbocycles. The molecule has 0 aromatic heterocycles. The summed E-state index contributed by atoms with van der Waals surface area (Å²) < 4.78 is 5.21. The Bertz CT molecular complexity index is 409. The number of carbonyl (C=O) groups is 1. The van der Waals surface area contributed by atoms with Crippen LogP contribution in [-0.4, -0.2) is 28.9 Å². The molecule has 0 saturated carbocycles. The maximum atomic E-state index is 11.7. The van der Waals surface area contributed by atoms with Gasteiger partial charge in [-0.15, -0.1) is 0 Å². The largest absolute Gasteiger partial charge is 0.444 e. The molecule has 0 radical (unpaired) electrons. The lowest BCUT2D eigenvalue weighted by atomic mass is 10.0. The van der Waals surface area contributed by atoms with Gasteiger partial charge in [-0.25, -0.2) is 4.79 Å². The van der Waals surface area contributed by atoms with Gasteiger partial charge in [-0.05, 0) is 46.1 Å². The molecule has 1 rings (SSSR count). The quantitative estimate of drug-likeness (QED) is 0.871. The zero-order valence-electron chi connectivity index (χ0n) is 12.7. The first-order valence-corrected chi connectivity index (χ1v) is 6.99. The van der Waals surface area contributed by atoms with Crippen LogP contribution in [0.25, 0.3) is 0 Å². The van der Waals surface area contributed by atoms with E-state index in [-0.39, 0.29) is 6.04 Å². The highest BCUT2D eigenvalue weighted by Gasteiger charge is 2.22. The number of aliphatic hydroxyl groups excluding tert-OH is 1. The number of hydrogen-bond acceptors (Lipinski definition) is 3. The second-order valence-electron chi connectivity index (χ2n) is 6.02. The molecule has 2 N–H and O–H groups in total. The van der Waals surface area contributed by atoms with E-state index in [1.165, 1.54) is 5.56 Å². The normalized spacial score (nSPS) is 14.4. The van der Waals surface area contributed by atoms with E-state index in [9.17, 15) is 9.90 Å². The minimum Gasteiger partial charge on any atom is -0.444 e. The zero-order valence-corrected chi connectivity index (χ0v) is 12.7. The highest BCUT2D eigenvalue weighted by atomic mass is 16.6. The van der Waals surface area contributed by atoms with Gasteiger partial charge < -0.3 is 15.2 Å². The van der Waals surface area contributed by atoms with Gasteiger partial charge in [-0.2, -0.15) is 0 Å². The maximum Gasteiger partial charge on any atom is 0.407 e. The number of benzene rings is 1. The highest BCUT2D eigenvalue weighted by Crippen LogP contribution is 2.10. The predicted molar refractivity (Wildman–Crippen MR) is 79.6 cm³/mol. The third kappa shape index (κ3) is 6.57. The van der Waals surface area contributed by atoms with Crippen LogP contribution in [0.1, 0.15) is 39.7 Å². The van der Waals surface area contributed by atoms with E-state index in [4.69, 9.17) is 4.74 Å². The molecule has 1 aromatic rings. The fraction of sp³-hybridized carbons (Fsp3) is 0.562. The van der Waals surface area contributed by atoms with Crippen molar-refractivity contribution in [3.8, 4) is 0 Å². The van der Waals surface area contributed by atoms with Crippen molar-refractivity contribution in [2.45, 2.75) is 58.3 Å². The third-order valence-electron chi connectivity index (χ3n) is 2.87. The van der Waals surface area contributed by atoms with Crippen molar-refractivity contribution >= 4 is 6.09 Å². The van der Waals surface area contributed by atoms with Gasteiger partial charge in [-0.1, -0.05) is 30.3 Å². The Morgan fingerprint density at radius 2 is 1.90 bits per heavy atom. The van der Waals surface area contributed by atoms with Gasteiger partial charge in [-0.3, -0.25) is 0 Å². The molecule has 0 heterocycles. The fourth-order valence-electron chi connectivity index (χ4n) is 1.86. The van der Waals surface area contributed by atoms with E-state index in [0.717, 1.165) is 6.42 Å². The molecular weight excluding hydrogens is 254 g/mol. The van der Waals surface area contributed by atoms with E-state index in [1.54, 1.807) is 6.92 Å². The lowest BCUT2D eigenvalue weighted by Gasteiger charge is -2.25. The monoisotopic (exact) mass is 279 g/mol. The van der Waals surface area contributed by atoms with Crippen LogP contribution in [-0.2, 0) is 11.2 Å². The smallest absolute Gasteiger partial charge is 0.407 e. The second kappa shape index (κ2) is 7.29. The van der Waals surface area contributed by atoms with E-state index >= 15 is 0 Å². The molecule has 0 fully saturated rings. The van der Waals surface area contributed by atoms with Crippen LogP contribution in [0.15, 0.2) is 30.3 Å². The Balaban J connectivity index is 2.51. The molecule has 0 spiro atoms. The molecule has 0 bridgehead atoms. The van der Waals surface area contributed by atoms with Crippen LogP contribution in [0.3, 0.4) is 0 Å². The third-order valence-corrected chi connectivity index (χ3v) is 2.87. The first-order chi connectivity index (χ1) is 9.28. The number of alkyl carbamates (subject to hydrolysis) is 1. The van der Waals surface area contributed by atoms with Gasteiger partial charge in [0.25, 0.3) is 0 Å². The number of rotatable bonds is 5. The summed E-state index contributed by atoms with van der Waals surface area (Å²) in [6.45, 7) is 7.11. The average molecular weight is 279 g/mol. The van der Waals surface area contributed by atoms with Gasteiger partial charge in [0.05, 0.1) is 12.1 Å². The van der Waals surface area contributed by atoms with Crippen LogP contribution < -0.4 is 5.32 Å². The Labute approximate surface area is 121 Å². The van der Waals surface area contributed by atoms with Crippen molar-refractivity contribution < 1.29 is 14.6 Å². The number of hydrogen-bond donors (Lipinski definition) is 2. The summed E-state index contributed by atoms with van der Waals surface area (Å²) in [5.41, 5.74) is 0.649. The molecule has 1 amide bonds. The number of ether oxygens (including phenoxy) is 1. The first kappa shape index (κ1) is 16.5.